The van der Waals surface area contributed by atoms with E-state index in [4.69, 9.17) is 4.74 Å². The maximum absolute atomic E-state index is 13.2. The van der Waals surface area contributed by atoms with Crippen molar-refractivity contribution < 1.29 is 18.7 Å². The Hall–Kier alpha value is -2.21. The molecule has 0 unspecified atom stereocenters. The molecular weight excluding hydrogens is 311 g/mol. The molecule has 2 amide bonds. The van der Waals surface area contributed by atoms with Gasteiger partial charge in [-0.25, -0.2) is 4.39 Å². The second-order valence-electron chi connectivity index (χ2n) is 6.03. The van der Waals surface area contributed by atoms with Gasteiger partial charge in [-0.15, -0.1) is 0 Å². The molecule has 0 bridgehead atoms. The van der Waals surface area contributed by atoms with Crippen LogP contribution in [0.1, 0.15) is 24.8 Å². The number of hydrogen-bond donors (Lipinski definition) is 0. The summed E-state index contributed by atoms with van der Waals surface area (Å²) in [5.74, 6) is -0.977. The summed E-state index contributed by atoms with van der Waals surface area (Å²) in [5, 5.41) is 0. The monoisotopic (exact) mass is 332 g/mol. The molecule has 0 saturated carbocycles. The lowest BCUT2D eigenvalue weighted by Crippen LogP contribution is -2.38. The number of piperidine rings is 1. The van der Waals surface area contributed by atoms with Crippen LogP contribution in [0.15, 0.2) is 30.0 Å². The predicted octanol–water partition coefficient (Wildman–Crippen LogP) is 2.04. The molecule has 0 N–H and O–H groups in total. The Labute approximate surface area is 140 Å². The number of rotatable bonds is 5. The fourth-order valence-corrected chi connectivity index (χ4v) is 3.24. The Morgan fingerprint density at radius 3 is 2.33 bits per heavy atom. The molecule has 2 aliphatic heterocycles. The molecule has 3 rings (SSSR count). The predicted molar refractivity (Wildman–Crippen MR) is 87.3 cm³/mol. The van der Waals surface area contributed by atoms with Crippen LogP contribution in [0.5, 0.6) is 0 Å². The molecule has 2 aliphatic rings. The summed E-state index contributed by atoms with van der Waals surface area (Å²) < 4.78 is 18.2. The number of imide groups is 1. The van der Waals surface area contributed by atoms with Crippen LogP contribution in [-0.2, 0) is 14.3 Å². The lowest BCUT2D eigenvalue weighted by Gasteiger charge is -2.29. The number of nitrogens with zero attached hydrogens (tertiary/aromatic N) is 2. The number of methoxy groups -OCH3 is 1. The fourth-order valence-electron chi connectivity index (χ4n) is 3.24. The van der Waals surface area contributed by atoms with Crippen LogP contribution in [0, 0.1) is 5.82 Å². The van der Waals surface area contributed by atoms with Gasteiger partial charge in [0.25, 0.3) is 11.8 Å². The smallest absolute Gasteiger partial charge is 0.277 e. The minimum Gasteiger partial charge on any atom is -0.383 e. The van der Waals surface area contributed by atoms with E-state index < -0.39 is 0 Å². The first-order valence-corrected chi connectivity index (χ1v) is 8.24. The van der Waals surface area contributed by atoms with Crippen LogP contribution in [0.3, 0.4) is 0 Å². The zero-order chi connectivity index (χ0) is 17.1. The number of benzene rings is 1. The third kappa shape index (κ3) is 3.06. The van der Waals surface area contributed by atoms with Crippen molar-refractivity contribution in [2.75, 3.05) is 33.4 Å². The molecule has 5 nitrogen and oxygen atoms in total. The van der Waals surface area contributed by atoms with Crippen LogP contribution >= 0.6 is 0 Å². The third-order valence-electron chi connectivity index (χ3n) is 4.47. The number of carbonyl (C=O) groups is 2. The van der Waals surface area contributed by atoms with Gasteiger partial charge in [0.1, 0.15) is 11.5 Å². The molecule has 1 aromatic rings. The van der Waals surface area contributed by atoms with E-state index in [1.807, 2.05) is 4.90 Å². The normalized spacial score (nSPS) is 18.8. The zero-order valence-corrected chi connectivity index (χ0v) is 13.8. The highest BCUT2D eigenvalue weighted by molar-refractivity contribution is 6.35. The summed E-state index contributed by atoms with van der Waals surface area (Å²) in [4.78, 5) is 28.9. The van der Waals surface area contributed by atoms with Crippen molar-refractivity contribution in [1.29, 1.82) is 0 Å². The summed E-state index contributed by atoms with van der Waals surface area (Å²) >= 11 is 0. The van der Waals surface area contributed by atoms with Gasteiger partial charge in [0, 0.05) is 20.2 Å². The van der Waals surface area contributed by atoms with Crippen LogP contribution < -0.4 is 0 Å². The molecule has 0 aliphatic carbocycles. The SMILES string of the molecule is COCCN1C(=O)C(c2ccc(F)cc2)=C(N2CCCCC2)C1=O. The molecule has 1 aromatic carbocycles. The second kappa shape index (κ2) is 7.13. The van der Waals surface area contributed by atoms with Gasteiger partial charge in [-0.05, 0) is 37.0 Å². The van der Waals surface area contributed by atoms with Crippen LogP contribution in [-0.4, -0.2) is 55.0 Å². The fraction of sp³-hybridized carbons (Fsp3) is 0.444. The van der Waals surface area contributed by atoms with Crippen molar-refractivity contribution in [3.63, 3.8) is 0 Å². The standard InChI is InChI=1S/C18H21FN2O3/c1-24-12-11-21-17(22)15(13-5-7-14(19)8-6-13)16(18(21)23)20-9-3-2-4-10-20/h5-8H,2-4,9-12H2,1H3. The van der Waals surface area contributed by atoms with Crippen molar-refractivity contribution in [1.82, 2.24) is 9.80 Å². The van der Waals surface area contributed by atoms with Crippen molar-refractivity contribution in [3.8, 4) is 0 Å². The zero-order valence-electron chi connectivity index (χ0n) is 13.8. The van der Waals surface area contributed by atoms with Gasteiger partial charge in [0.05, 0.1) is 18.7 Å². The second-order valence-corrected chi connectivity index (χ2v) is 6.03. The first-order chi connectivity index (χ1) is 11.6. The quantitative estimate of drug-likeness (QED) is 0.774. The van der Waals surface area contributed by atoms with Crippen molar-refractivity contribution in [2.24, 2.45) is 0 Å². The summed E-state index contributed by atoms with van der Waals surface area (Å²) in [6.45, 7) is 2.03. The maximum Gasteiger partial charge on any atom is 0.277 e. The van der Waals surface area contributed by atoms with Gasteiger partial charge in [-0.1, -0.05) is 12.1 Å². The van der Waals surface area contributed by atoms with Gasteiger partial charge < -0.3 is 9.64 Å². The number of hydrogen-bond acceptors (Lipinski definition) is 4. The van der Waals surface area contributed by atoms with E-state index in [0.29, 0.717) is 23.4 Å². The van der Waals surface area contributed by atoms with E-state index in [9.17, 15) is 14.0 Å². The van der Waals surface area contributed by atoms with E-state index in [2.05, 4.69) is 0 Å². The Bertz CT molecular complexity index is 663. The highest BCUT2D eigenvalue weighted by Gasteiger charge is 2.41. The molecule has 0 spiro atoms. The number of halogens is 1. The van der Waals surface area contributed by atoms with Gasteiger partial charge in [-0.3, -0.25) is 14.5 Å². The van der Waals surface area contributed by atoms with Gasteiger partial charge in [0.2, 0.25) is 0 Å². The highest BCUT2D eigenvalue weighted by Crippen LogP contribution is 2.33. The molecule has 2 heterocycles. The lowest BCUT2D eigenvalue weighted by molar-refractivity contribution is -0.138. The highest BCUT2D eigenvalue weighted by atomic mass is 19.1. The molecular formula is C18H21FN2O3. The van der Waals surface area contributed by atoms with Gasteiger partial charge >= 0.3 is 0 Å². The molecule has 128 valence electrons. The van der Waals surface area contributed by atoms with Crippen LogP contribution in [0.4, 0.5) is 4.39 Å². The van der Waals surface area contributed by atoms with E-state index >= 15 is 0 Å². The molecule has 0 atom stereocenters. The molecule has 0 aromatic heterocycles. The Morgan fingerprint density at radius 2 is 1.71 bits per heavy atom. The molecule has 24 heavy (non-hydrogen) atoms. The third-order valence-corrected chi connectivity index (χ3v) is 4.47. The molecule has 1 saturated heterocycles. The summed E-state index contributed by atoms with van der Waals surface area (Å²) in [6, 6.07) is 5.73. The largest absolute Gasteiger partial charge is 0.383 e. The summed E-state index contributed by atoms with van der Waals surface area (Å²) in [6.07, 6.45) is 3.13. The van der Waals surface area contributed by atoms with E-state index in [0.717, 1.165) is 32.4 Å². The van der Waals surface area contributed by atoms with Crippen LogP contribution in [0.25, 0.3) is 5.57 Å². The number of ether oxygens (including phenoxy) is 1. The van der Waals surface area contributed by atoms with E-state index in [1.165, 1.54) is 24.1 Å². The molecule has 6 heteroatoms. The van der Waals surface area contributed by atoms with E-state index in [1.54, 1.807) is 12.1 Å². The number of likely N-dealkylation sites (tertiary alicyclic amines) is 1. The van der Waals surface area contributed by atoms with Gasteiger partial charge in [0.15, 0.2) is 0 Å². The molecule has 1 fully saturated rings. The summed E-state index contributed by atoms with van der Waals surface area (Å²) in [5.41, 5.74) is 1.40. The van der Waals surface area contributed by atoms with E-state index in [-0.39, 0.29) is 24.2 Å². The van der Waals surface area contributed by atoms with Crippen molar-refractivity contribution in [2.45, 2.75) is 19.3 Å². The summed E-state index contributed by atoms with van der Waals surface area (Å²) in [7, 11) is 1.53. The van der Waals surface area contributed by atoms with Crippen LogP contribution in [0.2, 0.25) is 0 Å². The first kappa shape index (κ1) is 16.6. The van der Waals surface area contributed by atoms with Crippen molar-refractivity contribution >= 4 is 17.4 Å². The number of carbonyl (C=O) groups excluding carboxylic acids is 2. The minimum atomic E-state index is -0.369. The first-order valence-electron chi connectivity index (χ1n) is 8.24. The average Bonchev–Trinajstić information content (AvgIpc) is 2.85. The average molecular weight is 332 g/mol. The van der Waals surface area contributed by atoms with Crippen molar-refractivity contribution in [3.05, 3.63) is 41.3 Å². The lowest BCUT2D eigenvalue weighted by atomic mass is 10.0. The topological polar surface area (TPSA) is 49.9 Å². The molecule has 0 radical (unpaired) electrons. The Morgan fingerprint density at radius 1 is 1.04 bits per heavy atom. The van der Waals surface area contributed by atoms with Gasteiger partial charge in [-0.2, -0.15) is 0 Å². The maximum atomic E-state index is 13.2. The Balaban J connectivity index is 2.01. The number of amides is 2. The Kier molecular flexibility index (Phi) is 4.94. The minimum absolute atomic E-state index is 0.218.